The standard InChI is InChI=1S/C16H20N2O2S.C4H4O4/c1-11(2)17-8-6-12(7-9-17)15-10-13-4-3-5-14(18(19)20)16(13)21-15;5-3(6)1-2-4(7)8/h3-5,10-12H,6-9H2,1-2H3;1-2H,(H,5,6)(H,7,8). The van der Waals surface area contributed by atoms with Crippen LogP contribution >= 0.6 is 11.3 Å². The third-order valence-corrected chi connectivity index (χ3v) is 6.11. The molecule has 156 valence electrons. The van der Waals surface area contributed by atoms with Gasteiger partial charge in [-0.3, -0.25) is 10.1 Å². The van der Waals surface area contributed by atoms with Crippen molar-refractivity contribution >= 4 is 39.0 Å². The third-order valence-electron chi connectivity index (χ3n) is 4.77. The number of fused-ring (bicyclic) bond motifs is 1. The average molecular weight is 420 g/mol. The molecule has 1 aromatic carbocycles. The summed E-state index contributed by atoms with van der Waals surface area (Å²) in [7, 11) is 0. The molecule has 0 radical (unpaired) electrons. The van der Waals surface area contributed by atoms with Gasteiger partial charge in [0.25, 0.3) is 5.69 Å². The lowest BCUT2D eigenvalue weighted by molar-refractivity contribution is -0.382. The summed E-state index contributed by atoms with van der Waals surface area (Å²) in [5.41, 5.74) is 0.239. The van der Waals surface area contributed by atoms with Crippen molar-refractivity contribution in [2.24, 2.45) is 0 Å². The molecule has 2 heterocycles. The van der Waals surface area contributed by atoms with Crippen molar-refractivity contribution in [3.05, 3.63) is 51.4 Å². The molecule has 0 aliphatic carbocycles. The molecule has 1 aliphatic rings. The summed E-state index contributed by atoms with van der Waals surface area (Å²) in [6, 6.07) is 8.12. The second-order valence-electron chi connectivity index (χ2n) is 7.02. The smallest absolute Gasteiger partial charge is 0.328 e. The highest BCUT2D eigenvalue weighted by Gasteiger charge is 2.24. The van der Waals surface area contributed by atoms with Crippen LogP contribution in [0.15, 0.2) is 36.4 Å². The molecule has 1 aromatic heterocycles. The van der Waals surface area contributed by atoms with Gasteiger partial charge in [0.2, 0.25) is 0 Å². The van der Waals surface area contributed by atoms with E-state index in [2.05, 4.69) is 24.8 Å². The van der Waals surface area contributed by atoms with Gasteiger partial charge >= 0.3 is 11.9 Å². The summed E-state index contributed by atoms with van der Waals surface area (Å²) in [6.07, 6.45) is 3.42. The van der Waals surface area contributed by atoms with Gasteiger partial charge in [-0.25, -0.2) is 9.59 Å². The lowest BCUT2D eigenvalue weighted by Crippen LogP contribution is -2.37. The van der Waals surface area contributed by atoms with E-state index in [4.69, 9.17) is 10.2 Å². The fraction of sp³-hybridized carbons (Fsp3) is 0.400. The maximum Gasteiger partial charge on any atom is 0.328 e. The monoisotopic (exact) mass is 420 g/mol. The Morgan fingerprint density at radius 2 is 1.79 bits per heavy atom. The molecule has 9 heteroatoms. The van der Waals surface area contributed by atoms with Crippen molar-refractivity contribution in [3.8, 4) is 0 Å². The number of carbonyl (C=O) groups is 2. The summed E-state index contributed by atoms with van der Waals surface area (Å²) in [4.78, 5) is 33.8. The maximum absolute atomic E-state index is 11.1. The number of non-ortho nitro benzene ring substituents is 1. The molecule has 1 fully saturated rings. The molecule has 0 spiro atoms. The molecule has 29 heavy (non-hydrogen) atoms. The van der Waals surface area contributed by atoms with Gasteiger partial charge in [-0.1, -0.05) is 12.1 Å². The van der Waals surface area contributed by atoms with E-state index in [1.807, 2.05) is 6.07 Å². The minimum atomic E-state index is -1.26. The Labute approximate surface area is 172 Å². The number of carboxylic acids is 2. The molecule has 1 aliphatic heterocycles. The van der Waals surface area contributed by atoms with Crippen LogP contribution in [-0.4, -0.2) is 51.1 Å². The molecule has 0 amide bonds. The van der Waals surface area contributed by atoms with E-state index < -0.39 is 11.9 Å². The molecular formula is C20H24N2O6S. The Morgan fingerprint density at radius 1 is 1.21 bits per heavy atom. The van der Waals surface area contributed by atoms with Crippen molar-refractivity contribution in [1.29, 1.82) is 0 Å². The average Bonchev–Trinajstić information content (AvgIpc) is 3.11. The number of benzene rings is 1. The molecule has 0 saturated carbocycles. The van der Waals surface area contributed by atoms with Crippen LogP contribution in [0.3, 0.4) is 0 Å². The van der Waals surface area contributed by atoms with E-state index >= 15 is 0 Å². The molecule has 0 bridgehead atoms. The first-order chi connectivity index (χ1) is 13.7. The Hall–Kier alpha value is -2.78. The van der Waals surface area contributed by atoms with E-state index in [9.17, 15) is 19.7 Å². The molecule has 2 aromatic rings. The van der Waals surface area contributed by atoms with Gasteiger partial charge in [0, 0.05) is 29.1 Å². The summed E-state index contributed by atoms with van der Waals surface area (Å²) < 4.78 is 0.823. The normalized spacial score (nSPS) is 15.4. The fourth-order valence-electron chi connectivity index (χ4n) is 3.26. The van der Waals surface area contributed by atoms with Crippen LogP contribution < -0.4 is 0 Å². The predicted molar refractivity (Wildman–Crippen MR) is 112 cm³/mol. The Morgan fingerprint density at radius 3 is 2.28 bits per heavy atom. The Bertz CT molecular complexity index is 897. The van der Waals surface area contributed by atoms with Crippen LogP contribution in [0.25, 0.3) is 10.1 Å². The third kappa shape index (κ3) is 6.37. The molecule has 2 N–H and O–H groups in total. The fourth-order valence-corrected chi connectivity index (χ4v) is 4.57. The van der Waals surface area contributed by atoms with E-state index in [0.717, 1.165) is 36.0 Å². The summed E-state index contributed by atoms with van der Waals surface area (Å²) in [6.45, 7) is 6.73. The summed E-state index contributed by atoms with van der Waals surface area (Å²) in [5.74, 6) is -1.96. The number of hydrogen-bond donors (Lipinski definition) is 2. The Kier molecular flexibility index (Phi) is 7.86. The van der Waals surface area contributed by atoms with Gasteiger partial charge in [0.15, 0.2) is 0 Å². The first-order valence-electron chi connectivity index (χ1n) is 9.24. The van der Waals surface area contributed by atoms with Crippen LogP contribution in [-0.2, 0) is 9.59 Å². The molecule has 3 rings (SSSR count). The highest BCUT2D eigenvalue weighted by Crippen LogP contribution is 2.39. The number of aliphatic carboxylic acids is 2. The Balaban J connectivity index is 0.000000321. The lowest BCUT2D eigenvalue weighted by Gasteiger charge is -2.34. The first-order valence-corrected chi connectivity index (χ1v) is 10.1. The molecule has 0 atom stereocenters. The quantitative estimate of drug-likeness (QED) is 0.424. The lowest BCUT2D eigenvalue weighted by atomic mass is 9.94. The van der Waals surface area contributed by atoms with Crippen molar-refractivity contribution < 1.29 is 24.7 Å². The maximum atomic E-state index is 11.1. The van der Waals surface area contributed by atoms with Crippen LogP contribution in [0.5, 0.6) is 0 Å². The van der Waals surface area contributed by atoms with Gasteiger partial charge in [0.05, 0.1) is 4.92 Å². The zero-order valence-corrected chi connectivity index (χ0v) is 17.1. The van der Waals surface area contributed by atoms with Gasteiger partial charge in [0.1, 0.15) is 4.70 Å². The number of nitro benzene ring substituents is 1. The largest absolute Gasteiger partial charge is 0.478 e. The number of carboxylic acid groups (broad SMARTS) is 2. The molecule has 0 unspecified atom stereocenters. The molecular weight excluding hydrogens is 396 g/mol. The van der Waals surface area contributed by atoms with Gasteiger partial charge in [-0.2, -0.15) is 0 Å². The van der Waals surface area contributed by atoms with E-state index in [1.54, 1.807) is 23.5 Å². The van der Waals surface area contributed by atoms with Gasteiger partial charge < -0.3 is 15.1 Å². The van der Waals surface area contributed by atoms with Crippen molar-refractivity contribution in [1.82, 2.24) is 4.90 Å². The second kappa shape index (κ2) is 10.1. The number of piperidine rings is 1. The number of hydrogen-bond acceptors (Lipinski definition) is 6. The minimum absolute atomic E-state index is 0.239. The van der Waals surface area contributed by atoms with Crippen LogP contribution in [0.4, 0.5) is 5.69 Å². The van der Waals surface area contributed by atoms with Crippen molar-refractivity contribution in [3.63, 3.8) is 0 Å². The molecule has 1 saturated heterocycles. The van der Waals surface area contributed by atoms with Crippen molar-refractivity contribution in [2.45, 2.75) is 38.6 Å². The summed E-state index contributed by atoms with van der Waals surface area (Å²) >= 11 is 1.61. The zero-order chi connectivity index (χ0) is 21.6. The van der Waals surface area contributed by atoms with Gasteiger partial charge in [-0.05, 0) is 57.1 Å². The van der Waals surface area contributed by atoms with Gasteiger partial charge in [-0.15, -0.1) is 11.3 Å². The van der Waals surface area contributed by atoms with E-state index in [0.29, 0.717) is 24.1 Å². The van der Waals surface area contributed by atoms with Crippen LogP contribution in [0.1, 0.15) is 37.5 Å². The molecule has 8 nitrogen and oxygen atoms in total. The number of nitro groups is 1. The number of thiophene rings is 1. The highest BCUT2D eigenvalue weighted by atomic mass is 32.1. The van der Waals surface area contributed by atoms with E-state index in [1.165, 1.54) is 4.88 Å². The topological polar surface area (TPSA) is 121 Å². The number of rotatable bonds is 5. The SMILES string of the molecule is CC(C)N1CCC(c2cc3cccc([N+](=O)[O-])c3s2)CC1.O=C(O)C=CC(=O)O. The predicted octanol–water partition coefficient (Wildman–Crippen LogP) is 4.11. The minimum Gasteiger partial charge on any atom is -0.478 e. The first kappa shape index (κ1) is 22.5. The van der Waals surface area contributed by atoms with Crippen molar-refractivity contribution in [2.75, 3.05) is 13.1 Å². The summed E-state index contributed by atoms with van der Waals surface area (Å²) in [5, 5.41) is 27.8. The zero-order valence-electron chi connectivity index (χ0n) is 16.3. The highest BCUT2D eigenvalue weighted by molar-refractivity contribution is 7.19. The van der Waals surface area contributed by atoms with Crippen LogP contribution in [0.2, 0.25) is 0 Å². The van der Waals surface area contributed by atoms with Crippen LogP contribution in [0, 0.1) is 10.1 Å². The second-order valence-corrected chi connectivity index (χ2v) is 8.10. The van der Waals surface area contributed by atoms with E-state index in [-0.39, 0.29) is 10.6 Å². The number of nitrogens with zero attached hydrogens (tertiary/aromatic N) is 2. The number of likely N-dealkylation sites (tertiary alicyclic amines) is 1.